The van der Waals surface area contributed by atoms with Gasteiger partial charge in [-0.15, -0.1) is 0 Å². The minimum absolute atomic E-state index is 0.157. The molecular weight excluding hydrogens is 298 g/mol. The second-order valence-electron chi connectivity index (χ2n) is 6.66. The van der Waals surface area contributed by atoms with E-state index in [2.05, 4.69) is 24.2 Å². The van der Waals surface area contributed by atoms with Gasteiger partial charge in [0.15, 0.2) is 0 Å². The molecule has 3 N–H and O–H groups in total. The van der Waals surface area contributed by atoms with Gasteiger partial charge in [0, 0.05) is 11.6 Å². The second kappa shape index (κ2) is 6.80. The van der Waals surface area contributed by atoms with Crippen molar-refractivity contribution >= 4 is 24.3 Å². The molecule has 22 heavy (non-hydrogen) atoms. The van der Waals surface area contributed by atoms with Gasteiger partial charge < -0.3 is 10.4 Å². The Bertz CT molecular complexity index is 541. The molecule has 1 aromatic rings. The molecule has 0 bridgehead atoms. The van der Waals surface area contributed by atoms with Gasteiger partial charge in [0.05, 0.1) is 11.9 Å². The molecule has 2 atom stereocenters. The summed E-state index contributed by atoms with van der Waals surface area (Å²) in [6.07, 6.45) is 5.27. The summed E-state index contributed by atoms with van der Waals surface area (Å²) in [5, 5.41) is 21.9. The van der Waals surface area contributed by atoms with Gasteiger partial charge >= 0.3 is 0 Å². The summed E-state index contributed by atoms with van der Waals surface area (Å²) in [4.78, 5) is 3.71. The lowest BCUT2D eigenvalue weighted by Crippen LogP contribution is -2.53. The Morgan fingerprint density at radius 1 is 1.41 bits per heavy atom. The monoisotopic (exact) mass is 321 g/mol. The number of halogens is 1. The number of nitrogens with zero attached hydrogens (tertiary/aromatic N) is 1. The van der Waals surface area contributed by atoms with Crippen LogP contribution in [0.4, 0.5) is 0 Å². The van der Waals surface area contributed by atoms with E-state index in [-0.39, 0.29) is 11.3 Å². The molecule has 1 saturated carbocycles. The van der Waals surface area contributed by atoms with E-state index in [9.17, 15) is 5.11 Å². The third-order valence-corrected chi connectivity index (χ3v) is 5.22. The summed E-state index contributed by atoms with van der Waals surface area (Å²) < 4.78 is 0. The molecule has 0 radical (unpaired) electrons. The summed E-state index contributed by atoms with van der Waals surface area (Å²) in [5.74, 6) is 0.185. The average molecular weight is 322 g/mol. The molecule has 120 valence electrons. The van der Waals surface area contributed by atoms with Crippen LogP contribution in [0.5, 0.6) is 0 Å². The lowest BCUT2D eigenvalue weighted by atomic mass is 9.72. The van der Waals surface area contributed by atoms with E-state index in [0.29, 0.717) is 6.54 Å². The van der Waals surface area contributed by atoms with Crippen molar-refractivity contribution < 1.29 is 5.11 Å². The third kappa shape index (κ3) is 3.50. The SMILES string of the molecule is CC1(C)CCC(Cc2ccc(Cl)cc2)C1(O)CN/C=N\C=N. The van der Waals surface area contributed by atoms with Crippen LogP contribution < -0.4 is 5.32 Å². The number of nitrogens with one attached hydrogen (secondary N) is 2. The lowest BCUT2D eigenvalue weighted by Gasteiger charge is -2.41. The van der Waals surface area contributed by atoms with Crippen LogP contribution in [0.1, 0.15) is 32.3 Å². The molecule has 0 spiro atoms. The zero-order valence-electron chi connectivity index (χ0n) is 13.1. The van der Waals surface area contributed by atoms with Gasteiger partial charge in [0.25, 0.3) is 0 Å². The number of hydrogen-bond acceptors (Lipinski definition) is 2. The zero-order chi connectivity index (χ0) is 16.2. The molecule has 1 aromatic carbocycles. The van der Waals surface area contributed by atoms with Crippen molar-refractivity contribution in [1.29, 1.82) is 5.41 Å². The van der Waals surface area contributed by atoms with Crippen molar-refractivity contribution in [3.05, 3.63) is 34.9 Å². The van der Waals surface area contributed by atoms with Gasteiger partial charge in [-0.3, -0.25) is 5.41 Å². The summed E-state index contributed by atoms with van der Waals surface area (Å²) in [7, 11) is 0. The van der Waals surface area contributed by atoms with E-state index in [4.69, 9.17) is 17.0 Å². The van der Waals surface area contributed by atoms with E-state index in [0.717, 1.165) is 30.6 Å². The predicted octanol–water partition coefficient (Wildman–Crippen LogP) is 3.27. The normalized spacial score (nSPS) is 27.2. The van der Waals surface area contributed by atoms with Crippen LogP contribution >= 0.6 is 11.6 Å². The first kappa shape index (κ1) is 17.0. The molecule has 2 rings (SSSR count). The van der Waals surface area contributed by atoms with Crippen molar-refractivity contribution in [2.45, 2.75) is 38.7 Å². The highest BCUT2D eigenvalue weighted by Crippen LogP contribution is 2.50. The largest absolute Gasteiger partial charge is 0.387 e. The summed E-state index contributed by atoms with van der Waals surface area (Å²) in [6, 6.07) is 7.84. The fraction of sp³-hybridized carbons (Fsp3) is 0.529. The van der Waals surface area contributed by atoms with Crippen LogP contribution in [0, 0.1) is 16.7 Å². The van der Waals surface area contributed by atoms with Gasteiger partial charge in [-0.1, -0.05) is 37.6 Å². The molecule has 4 nitrogen and oxygen atoms in total. The van der Waals surface area contributed by atoms with Crippen LogP contribution in [-0.2, 0) is 6.42 Å². The Labute approximate surface area is 137 Å². The Balaban J connectivity index is 2.12. The highest BCUT2D eigenvalue weighted by Gasteiger charge is 2.53. The smallest absolute Gasteiger partial charge is 0.108 e. The zero-order valence-corrected chi connectivity index (χ0v) is 13.9. The molecule has 0 heterocycles. The van der Waals surface area contributed by atoms with Crippen LogP contribution in [0.25, 0.3) is 0 Å². The fourth-order valence-electron chi connectivity index (χ4n) is 3.39. The minimum atomic E-state index is -0.805. The average Bonchev–Trinajstić information content (AvgIpc) is 2.70. The highest BCUT2D eigenvalue weighted by atomic mass is 35.5. The maximum atomic E-state index is 11.3. The molecule has 5 heteroatoms. The first-order chi connectivity index (χ1) is 10.4. The van der Waals surface area contributed by atoms with Crippen LogP contribution in [0.3, 0.4) is 0 Å². The third-order valence-electron chi connectivity index (χ3n) is 4.97. The quantitative estimate of drug-likeness (QED) is 0.556. The van der Waals surface area contributed by atoms with E-state index < -0.39 is 5.60 Å². The van der Waals surface area contributed by atoms with Gasteiger partial charge in [-0.25, -0.2) is 4.99 Å². The number of rotatable bonds is 6. The van der Waals surface area contributed by atoms with Crippen molar-refractivity contribution in [3.63, 3.8) is 0 Å². The Morgan fingerprint density at radius 2 is 2.09 bits per heavy atom. The van der Waals surface area contributed by atoms with Gasteiger partial charge in [0.1, 0.15) is 6.34 Å². The first-order valence-electron chi connectivity index (χ1n) is 7.60. The van der Waals surface area contributed by atoms with Crippen molar-refractivity contribution in [2.24, 2.45) is 16.3 Å². The predicted molar refractivity (Wildman–Crippen MR) is 91.9 cm³/mol. The molecular formula is C17H24ClN3O. The topological polar surface area (TPSA) is 68.5 Å². The molecule has 1 aliphatic carbocycles. The van der Waals surface area contributed by atoms with Crippen molar-refractivity contribution in [1.82, 2.24) is 5.32 Å². The fourth-order valence-corrected chi connectivity index (χ4v) is 3.52. The number of aliphatic hydroxyl groups is 1. The molecule has 1 fully saturated rings. The highest BCUT2D eigenvalue weighted by molar-refractivity contribution is 6.30. The molecule has 1 aliphatic rings. The van der Waals surface area contributed by atoms with Crippen LogP contribution in [0.15, 0.2) is 29.3 Å². The van der Waals surface area contributed by atoms with E-state index >= 15 is 0 Å². The summed E-state index contributed by atoms with van der Waals surface area (Å²) in [5.41, 5.74) is 0.231. The molecule has 0 aromatic heterocycles. The molecule has 0 amide bonds. The first-order valence-corrected chi connectivity index (χ1v) is 7.98. The van der Waals surface area contributed by atoms with Gasteiger partial charge in [-0.05, 0) is 48.3 Å². The Hall–Kier alpha value is -1.39. The Kier molecular flexibility index (Phi) is 5.24. The number of hydrogen-bond donors (Lipinski definition) is 3. The summed E-state index contributed by atoms with van der Waals surface area (Å²) in [6.45, 7) is 4.67. The van der Waals surface area contributed by atoms with E-state index in [1.54, 1.807) is 0 Å². The molecule has 0 saturated heterocycles. The standard InChI is InChI=1S/C17H24ClN3O/c1-16(2)8-7-14(9-13-3-5-15(18)6-4-13)17(16,22)10-20-12-21-11-19/h3-6,11-12,14,22H,7-10H2,1-2H3,(H2,19,20,21). The number of benzene rings is 1. The number of aliphatic imine (C=N–C) groups is 1. The Morgan fingerprint density at radius 3 is 2.73 bits per heavy atom. The molecule has 0 aliphatic heterocycles. The molecule has 2 unspecified atom stereocenters. The van der Waals surface area contributed by atoms with E-state index in [1.807, 2.05) is 24.3 Å². The lowest BCUT2D eigenvalue weighted by molar-refractivity contribution is -0.0702. The second-order valence-corrected chi connectivity index (χ2v) is 7.10. The van der Waals surface area contributed by atoms with Crippen molar-refractivity contribution in [3.8, 4) is 0 Å². The van der Waals surface area contributed by atoms with Crippen LogP contribution in [0.2, 0.25) is 5.02 Å². The van der Waals surface area contributed by atoms with Crippen LogP contribution in [-0.4, -0.2) is 29.9 Å². The van der Waals surface area contributed by atoms with Crippen molar-refractivity contribution in [2.75, 3.05) is 6.54 Å². The van der Waals surface area contributed by atoms with Gasteiger partial charge in [-0.2, -0.15) is 0 Å². The summed E-state index contributed by atoms with van der Waals surface area (Å²) >= 11 is 5.94. The maximum absolute atomic E-state index is 11.3. The van der Waals surface area contributed by atoms with E-state index in [1.165, 1.54) is 11.9 Å². The maximum Gasteiger partial charge on any atom is 0.108 e. The van der Waals surface area contributed by atoms with Gasteiger partial charge in [0.2, 0.25) is 0 Å². The minimum Gasteiger partial charge on any atom is -0.387 e.